The lowest BCUT2D eigenvalue weighted by Gasteiger charge is -2.15. The summed E-state index contributed by atoms with van der Waals surface area (Å²) in [5.74, 6) is 0. The molecule has 1 aliphatic rings. The van der Waals surface area contributed by atoms with Crippen LogP contribution in [0, 0.1) is 0 Å². The van der Waals surface area contributed by atoms with E-state index in [1.807, 2.05) is 0 Å². The van der Waals surface area contributed by atoms with Gasteiger partial charge in [-0.2, -0.15) is 13.2 Å². The van der Waals surface area contributed by atoms with E-state index in [1.165, 1.54) is 6.07 Å². The molecule has 1 aliphatic heterocycles. The van der Waals surface area contributed by atoms with Crippen molar-refractivity contribution in [2.45, 2.75) is 25.1 Å². The smallest absolute Gasteiger partial charge is 0.397 e. The number of hydrogen-bond donors (Lipinski definition) is 2. The molecule has 1 aromatic rings. The predicted molar refractivity (Wildman–Crippen MR) is 63.3 cm³/mol. The standard InChI is InChI=1S/C12H15F3N2O/c13-12(14,15)8-3-4-11(10(16)6-8)17-7-9-2-1-5-18-9/h3-4,6,9,17H,1-2,5,7,16H2. The minimum absolute atomic E-state index is 0.0998. The Balaban J connectivity index is 2.01. The number of nitrogens with two attached hydrogens (primary N) is 1. The molecule has 0 aromatic heterocycles. The molecule has 1 aromatic carbocycles. The summed E-state index contributed by atoms with van der Waals surface area (Å²) < 4.78 is 42.7. The maximum atomic E-state index is 12.4. The first-order valence-electron chi connectivity index (χ1n) is 5.79. The largest absolute Gasteiger partial charge is 0.416 e. The van der Waals surface area contributed by atoms with Crippen LogP contribution in [0.25, 0.3) is 0 Å². The summed E-state index contributed by atoms with van der Waals surface area (Å²) in [7, 11) is 0. The summed E-state index contributed by atoms with van der Waals surface area (Å²) in [4.78, 5) is 0. The number of ether oxygens (including phenoxy) is 1. The van der Waals surface area contributed by atoms with Crippen molar-refractivity contribution in [2.75, 3.05) is 24.2 Å². The summed E-state index contributed by atoms with van der Waals surface area (Å²) in [6, 6.07) is 3.32. The number of rotatable bonds is 3. The molecular weight excluding hydrogens is 245 g/mol. The van der Waals surface area contributed by atoms with Gasteiger partial charge in [0.2, 0.25) is 0 Å². The molecule has 0 saturated carbocycles. The Kier molecular flexibility index (Phi) is 3.65. The van der Waals surface area contributed by atoms with Gasteiger partial charge in [0.15, 0.2) is 0 Å². The predicted octanol–water partition coefficient (Wildman–Crippen LogP) is 2.88. The molecule has 0 bridgehead atoms. The molecule has 100 valence electrons. The quantitative estimate of drug-likeness (QED) is 0.821. The van der Waals surface area contributed by atoms with Gasteiger partial charge in [-0.3, -0.25) is 0 Å². The molecule has 1 unspecified atom stereocenters. The van der Waals surface area contributed by atoms with Gasteiger partial charge in [-0.05, 0) is 31.0 Å². The van der Waals surface area contributed by atoms with E-state index >= 15 is 0 Å². The number of nitrogen functional groups attached to an aromatic ring is 1. The zero-order chi connectivity index (χ0) is 13.2. The average molecular weight is 260 g/mol. The van der Waals surface area contributed by atoms with E-state index in [4.69, 9.17) is 10.5 Å². The molecule has 1 heterocycles. The van der Waals surface area contributed by atoms with Gasteiger partial charge < -0.3 is 15.8 Å². The lowest BCUT2D eigenvalue weighted by atomic mass is 10.1. The maximum Gasteiger partial charge on any atom is 0.416 e. The summed E-state index contributed by atoms with van der Waals surface area (Å²) in [6.45, 7) is 1.31. The second-order valence-corrected chi connectivity index (χ2v) is 4.32. The number of benzene rings is 1. The van der Waals surface area contributed by atoms with Crippen molar-refractivity contribution in [1.82, 2.24) is 0 Å². The van der Waals surface area contributed by atoms with Crippen LogP contribution in [0.2, 0.25) is 0 Å². The third-order valence-electron chi connectivity index (χ3n) is 2.92. The Hall–Kier alpha value is -1.43. The Labute approximate surface area is 103 Å². The van der Waals surface area contributed by atoms with Gasteiger partial charge in [0.1, 0.15) is 0 Å². The van der Waals surface area contributed by atoms with Crippen LogP contribution in [-0.4, -0.2) is 19.3 Å². The van der Waals surface area contributed by atoms with Crippen LogP contribution in [0.15, 0.2) is 18.2 Å². The molecule has 0 spiro atoms. The number of nitrogens with one attached hydrogen (secondary N) is 1. The second kappa shape index (κ2) is 5.06. The Morgan fingerprint density at radius 1 is 1.39 bits per heavy atom. The molecule has 1 fully saturated rings. The van der Waals surface area contributed by atoms with E-state index in [-0.39, 0.29) is 11.8 Å². The Bertz CT molecular complexity index is 414. The van der Waals surface area contributed by atoms with Crippen LogP contribution in [-0.2, 0) is 10.9 Å². The molecule has 18 heavy (non-hydrogen) atoms. The molecule has 0 aliphatic carbocycles. The van der Waals surface area contributed by atoms with Crippen molar-refractivity contribution >= 4 is 11.4 Å². The summed E-state index contributed by atoms with van der Waals surface area (Å²) in [6.07, 6.45) is -2.25. The lowest BCUT2D eigenvalue weighted by Crippen LogP contribution is -2.19. The highest BCUT2D eigenvalue weighted by Crippen LogP contribution is 2.32. The first-order valence-corrected chi connectivity index (χ1v) is 5.79. The fraction of sp³-hybridized carbons (Fsp3) is 0.500. The first kappa shape index (κ1) is 13.0. The molecule has 2 rings (SSSR count). The Morgan fingerprint density at radius 2 is 2.17 bits per heavy atom. The van der Waals surface area contributed by atoms with Crippen molar-refractivity contribution in [2.24, 2.45) is 0 Å². The molecular formula is C12H15F3N2O. The van der Waals surface area contributed by atoms with E-state index < -0.39 is 11.7 Å². The zero-order valence-corrected chi connectivity index (χ0v) is 9.76. The van der Waals surface area contributed by atoms with Crippen LogP contribution in [0.1, 0.15) is 18.4 Å². The van der Waals surface area contributed by atoms with Gasteiger partial charge >= 0.3 is 6.18 Å². The number of alkyl halides is 3. The van der Waals surface area contributed by atoms with Crippen LogP contribution in [0.5, 0.6) is 0 Å². The van der Waals surface area contributed by atoms with Crippen molar-refractivity contribution < 1.29 is 17.9 Å². The van der Waals surface area contributed by atoms with E-state index in [0.717, 1.165) is 31.6 Å². The summed E-state index contributed by atoms with van der Waals surface area (Å²) >= 11 is 0. The second-order valence-electron chi connectivity index (χ2n) is 4.32. The normalized spacial score (nSPS) is 20.1. The van der Waals surface area contributed by atoms with Gasteiger partial charge in [0.05, 0.1) is 23.0 Å². The minimum Gasteiger partial charge on any atom is -0.397 e. The van der Waals surface area contributed by atoms with Gasteiger partial charge in [-0.25, -0.2) is 0 Å². The highest BCUT2D eigenvalue weighted by atomic mass is 19.4. The minimum atomic E-state index is -4.36. The van der Waals surface area contributed by atoms with Crippen molar-refractivity contribution in [3.05, 3.63) is 23.8 Å². The van der Waals surface area contributed by atoms with Crippen molar-refractivity contribution in [3.8, 4) is 0 Å². The number of halogens is 3. The van der Waals surface area contributed by atoms with Crippen molar-refractivity contribution in [1.29, 1.82) is 0 Å². The maximum absolute atomic E-state index is 12.4. The fourth-order valence-corrected chi connectivity index (χ4v) is 1.93. The lowest BCUT2D eigenvalue weighted by molar-refractivity contribution is -0.137. The molecule has 3 nitrogen and oxygen atoms in total. The molecule has 3 N–H and O–H groups in total. The highest BCUT2D eigenvalue weighted by molar-refractivity contribution is 5.67. The van der Waals surface area contributed by atoms with Crippen LogP contribution in [0.4, 0.5) is 24.5 Å². The van der Waals surface area contributed by atoms with Crippen molar-refractivity contribution in [3.63, 3.8) is 0 Å². The highest BCUT2D eigenvalue weighted by Gasteiger charge is 2.30. The zero-order valence-electron chi connectivity index (χ0n) is 9.76. The van der Waals surface area contributed by atoms with Gasteiger partial charge in [-0.1, -0.05) is 0 Å². The van der Waals surface area contributed by atoms with E-state index in [0.29, 0.717) is 12.2 Å². The molecule has 6 heteroatoms. The molecule has 1 atom stereocenters. The van der Waals surface area contributed by atoms with Crippen LogP contribution in [0.3, 0.4) is 0 Å². The summed E-state index contributed by atoms with van der Waals surface area (Å²) in [5.41, 5.74) is 5.48. The van der Waals surface area contributed by atoms with Crippen LogP contribution < -0.4 is 11.1 Å². The molecule has 0 radical (unpaired) electrons. The SMILES string of the molecule is Nc1cc(C(F)(F)F)ccc1NCC1CCCO1. The Morgan fingerprint density at radius 3 is 2.72 bits per heavy atom. The van der Waals surface area contributed by atoms with Gasteiger partial charge in [0.25, 0.3) is 0 Å². The third-order valence-corrected chi connectivity index (χ3v) is 2.92. The monoisotopic (exact) mass is 260 g/mol. The third kappa shape index (κ3) is 3.07. The molecule has 0 amide bonds. The van der Waals surface area contributed by atoms with E-state index in [9.17, 15) is 13.2 Å². The summed E-state index contributed by atoms with van der Waals surface area (Å²) in [5, 5.41) is 3.02. The average Bonchev–Trinajstić information content (AvgIpc) is 2.79. The van der Waals surface area contributed by atoms with Crippen LogP contribution >= 0.6 is 0 Å². The van der Waals surface area contributed by atoms with Gasteiger partial charge in [0, 0.05) is 13.2 Å². The fourth-order valence-electron chi connectivity index (χ4n) is 1.93. The number of anilines is 2. The van der Waals surface area contributed by atoms with E-state index in [1.54, 1.807) is 0 Å². The molecule has 1 saturated heterocycles. The van der Waals surface area contributed by atoms with Gasteiger partial charge in [-0.15, -0.1) is 0 Å². The first-order chi connectivity index (χ1) is 8.47. The van der Waals surface area contributed by atoms with E-state index in [2.05, 4.69) is 5.32 Å². The topological polar surface area (TPSA) is 47.3 Å². The number of hydrogen-bond acceptors (Lipinski definition) is 3.